The highest BCUT2D eigenvalue weighted by Crippen LogP contribution is 2.40. The number of fused-ring (bicyclic) bond motifs is 1. The van der Waals surface area contributed by atoms with Crippen molar-refractivity contribution >= 4 is 33.8 Å². The molecule has 0 unspecified atom stereocenters. The maximum absolute atomic E-state index is 13.5. The Hall–Kier alpha value is -4.17. The number of benzene rings is 3. The Morgan fingerprint density at radius 1 is 1.00 bits per heavy atom. The predicted octanol–water partition coefficient (Wildman–Crippen LogP) is 6.30. The molecule has 1 amide bonds. The highest BCUT2D eigenvalue weighted by atomic mass is 32.1. The molecule has 2 heterocycles. The molecule has 0 saturated heterocycles. The van der Waals surface area contributed by atoms with Gasteiger partial charge in [-0.05, 0) is 67.6 Å². The third-order valence-corrected chi connectivity index (χ3v) is 7.68. The monoisotopic (exact) mass is 525 g/mol. The van der Waals surface area contributed by atoms with Gasteiger partial charge < -0.3 is 20.1 Å². The summed E-state index contributed by atoms with van der Waals surface area (Å²) in [6.07, 6.45) is 3.09. The van der Waals surface area contributed by atoms with Gasteiger partial charge in [0.15, 0.2) is 22.4 Å². The number of Topliss-reactive ketones (excluding diaryl/α,β-unsaturated/α-hetero) is 1. The topological polar surface area (TPSA) is 89.6 Å². The van der Waals surface area contributed by atoms with Gasteiger partial charge in [0.25, 0.3) is 5.91 Å². The smallest absolute Gasteiger partial charge is 0.251 e. The fourth-order valence-electron chi connectivity index (χ4n) is 4.33. The number of hydrogen-bond donors (Lipinski definition) is 2. The van der Waals surface area contributed by atoms with Gasteiger partial charge in [0.05, 0.1) is 5.69 Å². The number of rotatable bonds is 9. The van der Waals surface area contributed by atoms with Crippen LogP contribution in [0.2, 0.25) is 0 Å². The van der Waals surface area contributed by atoms with Gasteiger partial charge in [-0.3, -0.25) is 9.59 Å². The number of anilines is 2. The summed E-state index contributed by atoms with van der Waals surface area (Å²) in [7, 11) is 0. The van der Waals surface area contributed by atoms with Crippen LogP contribution in [0.3, 0.4) is 0 Å². The molecule has 6 rings (SSSR count). The standard InChI is InChI=1S/C30H27N3O4S/c1-18-7-9-21(29(35)31-22-11-12-22)15-23(18)32-30-33-27(20-10-14-25-26(16-20)37-17-36-25)28(38-30)24(34)13-8-19-5-3-2-4-6-19/h2-7,9-10,14-16,22H,8,11-13,17H2,1H3,(H,31,35)(H,32,33). The molecular formula is C30H27N3O4S. The van der Waals surface area contributed by atoms with Gasteiger partial charge in [0.1, 0.15) is 4.88 Å². The largest absolute Gasteiger partial charge is 0.454 e. The summed E-state index contributed by atoms with van der Waals surface area (Å²) in [5.41, 5.74) is 4.86. The van der Waals surface area contributed by atoms with E-state index in [1.54, 1.807) is 0 Å². The second-order valence-electron chi connectivity index (χ2n) is 9.58. The minimum absolute atomic E-state index is 0.0290. The molecule has 0 radical (unpaired) electrons. The van der Waals surface area contributed by atoms with Crippen LogP contribution in [0.25, 0.3) is 11.3 Å². The van der Waals surface area contributed by atoms with Crippen molar-refractivity contribution in [1.82, 2.24) is 10.3 Å². The van der Waals surface area contributed by atoms with E-state index in [9.17, 15) is 9.59 Å². The lowest BCUT2D eigenvalue weighted by Gasteiger charge is -2.10. The van der Waals surface area contributed by atoms with Gasteiger partial charge in [-0.2, -0.15) is 0 Å². The van der Waals surface area contributed by atoms with E-state index in [2.05, 4.69) is 10.6 Å². The van der Waals surface area contributed by atoms with Crippen LogP contribution in [0.1, 0.15) is 50.4 Å². The fourth-order valence-corrected chi connectivity index (χ4v) is 5.30. The summed E-state index contributed by atoms with van der Waals surface area (Å²) in [5, 5.41) is 6.99. The first kappa shape index (κ1) is 24.2. The van der Waals surface area contributed by atoms with Crippen molar-refractivity contribution in [3.63, 3.8) is 0 Å². The molecule has 38 heavy (non-hydrogen) atoms. The summed E-state index contributed by atoms with van der Waals surface area (Å²) >= 11 is 1.32. The zero-order valence-electron chi connectivity index (χ0n) is 21.0. The van der Waals surface area contributed by atoms with Gasteiger partial charge in [-0.15, -0.1) is 0 Å². The first-order valence-corrected chi connectivity index (χ1v) is 13.5. The van der Waals surface area contributed by atoms with Gasteiger partial charge in [0.2, 0.25) is 6.79 Å². The number of nitrogens with zero attached hydrogens (tertiary/aromatic N) is 1. The molecule has 7 nitrogen and oxygen atoms in total. The molecule has 0 bridgehead atoms. The average molecular weight is 526 g/mol. The molecule has 1 aliphatic heterocycles. The minimum Gasteiger partial charge on any atom is -0.454 e. The van der Waals surface area contributed by atoms with Gasteiger partial charge in [-0.1, -0.05) is 47.7 Å². The van der Waals surface area contributed by atoms with Gasteiger partial charge >= 0.3 is 0 Å². The molecule has 1 fully saturated rings. The van der Waals surface area contributed by atoms with Crippen molar-refractivity contribution in [2.75, 3.05) is 12.1 Å². The lowest BCUT2D eigenvalue weighted by atomic mass is 10.0. The Bertz CT molecular complexity index is 1510. The molecule has 0 spiro atoms. The zero-order valence-corrected chi connectivity index (χ0v) is 21.8. The number of aromatic nitrogens is 1. The van der Waals surface area contributed by atoms with Gasteiger partial charge in [-0.25, -0.2) is 4.98 Å². The van der Waals surface area contributed by atoms with Crippen LogP contribution in [0.5, 0.6) is 11.5 Å². The number of nitrogens with one attached hydrogen (secondary N) is 2. The summed E-state index contributed by atoms with van der Waals surface area (Å²) in [6.45, 7) is 2.15. The number of carbonyl (C=O) groups excluding carboxylic acids is 2. The maximum Gasteiger partial charge on any atom is 0.251 e. The molecule has 1 saturated carbocycles. The molecular weight excluding hydrogens is 498 g/mol. The van der Waals surface area contributed by atoms with E-state index < -0.39 is 0 Å². The molecule has 1 aromatic heterocycles. The molecule has 192 valence electrons. The first-order valence-electron chi connectivity index (χ1n) is 12.7. The van der Waals surface area contributed by atoms with Crippen LogP contribution in [0.15, 0.2) is 66.7 Å². The van der Waals surface area contributed by atoms with Crippen molar-refractivity contribution in [1.29, 1.82) is 0 Å². The van der Waals surface area contributed by atoms with Crippen molar-refractivity contribution in [3.8, 4) is 22.8 Å². The number of hydrogen-bond acceptors (Lipinski definition) is 7. The van der Waals surface area contributed by atoms with E-state index in [4.69, 9.17) is 14.5 Å². The van der Waals surface area contributed by atoms with E-state index in [1.165, 1.54) is 11.3 Å². The lowest BCUT2D eigenvalue weighted by Crippen LogP contribution is -2.25. The van der Waals surface area contributed by atoms with E-state index in [0.717, 1.165) is 35.2 Å². The van der Waals surface area contributed by atoms with Crippen molar-refractivity contribution in [2.45, 2.75) is 38.6 Å². The average Bonchev–Trinajstić information content (AvgIpc) is 3.44. The van der Waals surface area contributed by atoms with Crippen molar-refractivity contribution in [2.24, 2.45) is 0 Å². The molecule has 4 aromatic rings. The lowest BCUT2D eigenvalue weighted by molar-refractivity contribution is 0.0949. The molecule has 0 atom stereocenters. The minimum atomic E-state index is -0.0764. The summed E-state index contributed by atoms with van der Waals surface area (Å²) in [6, 6.07) is 21.5. The normalized spacial score (nSPS) is 13.8. The Labute approximate surface area is 224 Å². The number of aryl methyl sites for hydroxylation is 2. The second-order valence-corrected chi connectivity index (χ2v) is 10.6. The van der Waals surface area contributed by atoms with E-state index in [1.807, 2.05) is 73.7 Å². The first-order chi connectivity index (χ1) is 18.5. The number of ketones is 1. The highest BCUT2D eigenvalue weighted by molar-refractivity contribution is 7.18. The Morgan fingerprint density at radius 2 is 1.82 bits per heavy atom. The van der Waals surface area contributed by atoms with E-state index in [0.29, 0.717) is 45.6 Å². The number of amides is 1. The molecule has 2 N–H and O–H groups in total. The predicted molar refractivity (Wildman–Crippen MR) is 148 cm³/mol. The van der Waals surface area contributed by atoms with Crippen LogP contribution >= 0.6 is 11.3 Å². The fraction of sp³-hybridized carbons (Fsp3) is 0.233. The van der Waals surface area contributed by atoms with Gasteiger partial charge in [0, 0.05) is 29.3 Å². The maximum atomic E-state index is 13.5. The molecule has 8 heteroatoms. The third-order valence-electron chi connectivity index (χ3n) is 6.66. The Kier molecular flexibility index (Phi) is 6.55. The number of thiazole rings is 1. The van der Waals surface area contributed by atoms with E-state index in [-0.39, 0.29) is 24.5 Å². The Balaban J connectivity index is 1.30. The molecule has 3 aromatic carbocycles. The van der Waals surface area contributed by atoms with Crippen molar-refractivity contribution < 1.29 is 19.1 Å². The number of ether oxygens (including phenoxy) is 2. The molecule has 2 aliphatic rings. The number of carbonyl (C=O) groups is 2. The van der Waals surface area contributed by atoms with Crippen LogP contribution in [0, 0.1) is 6.92 Å². The summed E-state index contributed by atoms with van der Waals surface area (Å²) in [5.74, 6) is 1.27. The van der Waals surface area contributed by atoms with Crippen LogP contribution in [-0.4, -0.2) is 29.5 Å². The zero-order chi connectivity index (χ0) is 26.1. The second kappa shape index (κ2) is 10.3. The van der Waals surface area contributed by atoms with Crippen LogP contribution in [-0.2, 0) is 6.42 Å². The van der Waals surface area contributed by atoms with Crippen LogP contribution < -0.4 is 20.1 Å². The highest BCUT2D eigenvalue weighted by Gasteiger charge is 2.25. The summed E-state index contributed by atoms with van der Waals surface area (Å²) < 4.78 is 11.0. The molecule has 1 aliphatic carbocycles. The van der Waals surface area contributed by atoms with Crippen LogP contribution in [0.4, 0.5) is 10.8 Å². The third kappa shape index (κ3) is 5.26. The van der Waals surface area contributed by atoms with Crippen molar-refractivity contribution in [3.05, 3.63) is 88.3 Å². The van der Waals surface area contributed by atoms with E-state index >= 15 is 0 Å². The quantitative estimate of drug-likeness (QED) is 0.249. The Morgan fingerprint density at radius 3 is 2.63 bits per heavy atom. The SMILES string of the molecule is Cc1ccc(C(=O)NC2CC2)cc1Nc1nc(-c2ccc3c(c2)OCO3)c(C(=O)CCc2ccccc2)s1. The summed E-state index contributed by atoms with van der Waals surface area (Å²) in [4.78, 5) is 31.5.